The minimum absolute atomic E-state index is 0.0206. The number of nitrogens with two attached hydrogens (primary N) is 1. The molecule has 2 aromatic rings. The van der Waals surface area contributed by atoms with Gasteiger partial charge in [-0.25, -0.2) is 9.37 Å². The van der Waals surface area contributed by atoms with Crippen LogP contribution < -0.4 is 11.3 Å². The Kier molecular flexibility index (Phi) is 4.99. The number of hydrogen-bond donors (Lipinski definition) is 2. The molecule has 0 spiro atoms. The van der Waals surface area contributed by atoms with Gasteiger partial charge in [-0.1, -0.05) is 38.4 Å². The molecule has 0 aliphatic rings. The largest absolute Gasteiger partial charge is 0.271 e. The maximum Gasteiger partial charge on any atom is 0.142 e. The summed E-state index contributed by atoms with van der Waals surface area (Å²) in [6, 6.07) is 4.52. The zero-order valence-corrected chi connectivity index (χ0v) is 13.9. The zero-order chi connectivity index (χ0) is 15.6. The van der Waals surface area contributed by atoms with Crippen LogP contribution in [0.2, 0.25) is 5.02 Å². The van der Waals surface area contributed by atoms with Gasteiger partial charge in [-0.05, 0) is 17.7 Å². The Labute approximate surface area is 133 Å². The summed E-state index contributed by atoms with van der Waals surface area (Å²) in [6.07, 6.45) is 0.609. The van der Waals surface area contributed by atoms with E-state index in [0.717, 1.165) is 16.3 Å². The first-order valence-electron chi connectivity index (χ1n) is 6.67. The molecule has 0 saturated carbocycles. The maximum atomic E-state index is 13.6. The Bertz CT molecular complexity index is 622. The number of benzene rings is 1. The summed E-state index contributed by atoms with van der Waals surface area (Å²) in [6.45, 7) is 6.37. The summed E-state index contributed by atoms with van der Waals surface area (Å²) in [5, 5.41) is 3.14. The van der Waals surface area contributed by atoms with Gasteiger partial charge in [-0.2, -0.15) is 0 Å². The van der Waals surface area contributed by atoms with Crippen LogP contribution in [0.25, 0.3) is 0 Å². The van der Waals surface area contributed by atoms with E-state index in [1.807, 2.05) is 0 Å². The van der Waals surface area contributed by atoms with Gasteiger partial charge in [0.2, 0.25) is 0 Å². The molecule has 21 heavy (non-hydrogen) atoms. The molecule has 1 unspecified atom stereocenters. The van der Waals surface area contributed by atoms with Gasteiger partial charge in [0.25, 0.3) is 0 Å². The monoisotopic (exact) mass is 327 g/mol. The first-order chi connectivity index (χ1) is 9.81. The Morgan fingerprint density at radius 3 is 2.67 bits per heavy atom. The molecule has 0 aliphatic carbocycles. The zero-order valence-electron chi connectivity index (χ0n) is 12.3. The minimum Gasteiger partial charge on any atom is -0.271 e. The van der Waals surface area contributed by atoms with E-state index in [-0.39, 0.29) is 16.5 Å². The third-order valence-electron chi connectivity index (χ3n) is 3.25. The first kappa shape index (κ1) is 16.4. The van der Waals surface area contributed by atoms with Crippen LogP contribution in [0, 0.1) is 5.82 Å². The van der Waals surface area contributed by atoms with Crippen molar-refractivity contribution in [2.45, 2.75) is 38.6 Å². The van der Waals surface area contributed by atoms with Gasteiger partial charge >= 0.3 is 0 Å². The molecular formula is C15H19ClFN3S. The molecule has 3 nitrogen and oxygen atoms in total. The highest BCUT2D eigenvalue weighted by molar-refractivity contribution is 7.09. The predicted molar refractivity (Wildman–Crippen MR) is 86.0 cm³/mol. The molecule has 0 saturated heterocycles. The fourth-order valence-electron chi connectivity index (χ4n) is 1.93. The van der Waals surface area contributed by atoms with E-state index in [0.29, 0.717) is 6.42 Å². The van der Waals surface area contributed by atoms with Gasteiger partial charge in [0.15, 0.2) is 0 Å². The molecule has 0 bridgehead atoms. The fourth-order valence-corrected chi connectivity index (χ4v) is 3.11. The normalized spacial score (nSPS) is 13.4. The number of rotatable bonds is 4. The molecule has 1 heterocycles. The summed E-state index contributed by atoms with van der Waals surface area (Å²) >= 11 is 7.30. The standard InChI is InChI=1S/C15H19ClFN3S/c1-15(2,3)13-8-21-14(19-13)7-12(20-18)9-4-5-10(16)11(17)6-9/h4-6,8,12,20H,7,18H2,1-3H3. The van der Waals surface area contributed by atoms with Crippen LogP contribution in [0.15, 0.2) is 23.6 Å². The van der Waals surface area contributed by atoms with E-state index in [1.54, 1.807) is 23.5 Å². The van der Waals surface area contributed by atoms with Crippen LogP contribution in [0.1, 0.15) is 43.1 Å². The van der Waals surface area contributed by atoms with Crippen LogP contribution in [0.5, 0.6) is 0 Å². The van der Waals surface area contributed by atoms with Gasteiger partial charge in [0.05, 0.1) is 21.8 Å². The smallest absolute Gasteiger partial charge is 0.142 e. The Morgan fingerprint density at radius 1 is 1.43 bits per heavy atom. The van der Waals surface area contributed by atoms with Crippen molar-refractivity contribution in [2.24, 2.45) is 5.84 Å². The molecule has 114 valence electrons. The lowest BCUT2D eigenvalue weighted by molar-refractivity contribution is 0.536. The van der Waals surface area contributed by atoms with E-state index in [1.165, 1.54) is 6.07 Å². The van der Waals surface area contributed by atoms with Crippen LogP contribution in [0.3, 0.4) is 0 Å². The molecule has 1 aromatic carbocycles. The molecule has 1 atom stereocenters. The van der Waals surface area contributed by atoms with Gasteiger partial charge in [-0.3, -0.25) is 11.3 Å². The second-order valence-electron chi connectivity index (χ2n) is 5.97. The predicted octanol–water partition coefficient (Wildman–Crippen LogP) is 3.98. The number of hydrogen-bond acceptors (Lipinski definition) is 4. The van der Waals surface area contributed by atoms with Crippen molar-refractivity contribution in [3.05, 3.63) is 50.7 Å². The Morgan fingerprint density at radius 2 is 2.14 bits per heavy atom. The number of thiazole rings is 1. The number of hydrazine groups is 1. The third-order valence-corrected chi connectivity index (χ3v) is 4.42. The van der Waals surface area contributed by atoms with Crippen molar-refractivity contribution in [1.29, 1.82) is 0 Å². The molecule has 1 aromatic heterocycles. The highest BCUT2D eigenvalue weighted by atomic mass is 35.5. The summed E-state index contributed by atoms with van der Waals surface area (Å²) in [5.41, 5.74) is 4.55. The van der Waals surface area contributed by atoms with Crippen molar-refractivity contribution < 1.29 is 4.39 Å². The van der Waals surface area contributed by atoms with Gasteiger partial charge < -0.3 is 0 Å². The van der Waals surface area contributed by atoms with Crippen LogP contribution in [-0.4, -0.2) is 4.98 Å². The van der Waals surface area contributed by atoms with Crippen LogP contribution in [-0.2, 0) is 11.8 Å². The minimum atomic E-state index is -0.441. The van der Waals surface area contributed by atoms with E-state index in [4.69, 9.17) is 17.4 Å². The van der Waals surface area contributed by atoms with E-state index in [9.17, 15) is 4.39 Å². The quantitative estimate of drug-likeness (QED) is 0.659. The number of aromatic nitrogens is 1. The Balaban J connectivity index is 2.19. The van der Waals surface area contributed by atoms with E-state index in [2.05, 4.69) is 36.6 Å². The molecule has 0 fully saturated rings. The molecule has 0 radical (unpaired) electrons. The lowest BCUT2D eigenvalue weighted by atomic mass is 9.93. The molecule has 0 amide bonds. The van der Waals surface area contributed by atoms with Crippen molar-refractivity contribution in [3.8, 4) is 0 Å². The third kappa shape index (κ3) is 4.01. The van der Waals surface area contributed by atoms with Crippen molar-refractivity contribution in [2.75, 3.05) is 0 Å². The van der Waals surface area contributed by atoms with Crippen LogP contribution in [0.4, 0.5) is 4.39 Å². The maximum absolute atomic E-state index is 13.6. The molecular weight excluding hydrogens is 309 g/mol. The SMILES string of the molecule is CC(C)(C)c1csc(CC(NN)c2ccc(Cl)c(F)c2)n1. The number of nitrogens with zero attached hydrogens (tertiary/aromatic N) is 1. The average Bonchev–Trinajstić information content (AvgIpc) is 2.88. The average molecular weight is 328 g/mol. The molecule has 0 aliphatic heterocycles. The fraction of sp³-hybridized carbons (Fsp3) is 0.400. The molecule has 3 N–H and O–H groups in total. The highest BCUT2D eigenvalue weighted by Gasteiger charge is 2.19. The van der Waals surface area contributed by atoms with E-state index < -0.39 is 5.82 Å². The lowest BCUT2D eigenvalue weighted by Crippen LogP contribution is -2.29. The van der Waals surface area contributed by atoms with Gasteiger partial charge in [0, 0.05) is 17.2 Å². The van der Waals surface area contributed by atoms with Crippen molar-refractivity contribution in [1.82, 2.24) is 10.4 Å². The highest BCUT2D eigenvalue weighted by Crippen LogP contribution is 2.27. The van der Waals surface area contributed by atoms with Gasteiger partial charge in [0.1, 0.15) is 5.82 Å². The van der Waals surface area contributed by atoms with Crippen molar-refractivity contribution in [3.63, 3.8) is 0 Å². The first-order valence-corrected chi connectivity index (χ1v) is 7.93. The lowest BCUT2D eigenvalue weighted by Gasteiger charge is -2.16. The molecule has 2 rings (SSSR count). The number of halogens is 2. The Hall–Kier alpha value is -1.01. The topological polar surface area (TPSA) is 50.9 Å². The molecule has 6 heteroatoms. The van der Waals surface area contributed by atoms with Gasteiger partial charge in [-0.15, -0.1) is 11.3 Å². The van der Waals surface area contributed by atoms with Crippen LogP contribution >= 0.6 is 22.9 Å². The van der Waals surface area contributed by atoms with E-state index >= 15 is 0 Å². The summed E-state index contributed by atoms with van der Waals surface area (Å²) in [4.78, 5) is 4.64. The second kappa shape index (κ2) is 6.40. The summed E-state index contributed by atoms with van der Waals surface area (Å²) < 4.78 is 13.6. The second-order valence-corrected chi connectivity index (χ2v) is 7.32. The van der Waals surface area contributed by atoms with Crippen molar-refractivity contribution >= 4 is 22.9 Å². The summed E-state index contributed by atoms with van der Waals surface area (Å²) in [5.74, 6) is 5.16. The summed E-state index contributed by atoms with van der Waals surface area (Å²) in [7, 11) is 0. The number of nitrogens with one attached hydrogen (secondary N) is 1.